The summed E-state index contributed by atoms with van der Waals surface area (Å²) >= 11 is 0. The van der Waals surface area contributed by atoms with E-state index in [4.69, 9.17) is 0 Å². The number of Topliss-reactive ketones (excluding diaryl/α,β-unsaturated/α-hetero) is 1. The van der Waals surface area contributed by atoms with E-state index in [0.717, 1.165) is 0 Å². The lowest BCUT2D eigenvalue weighted by Gasteiger charge is -2.17. The third-order valence-corrected chi connectivity index (χ3v) is 2.38. The van der Waals surface area contributed by atoms with Crippen molar-refractivity contribution in [1.82, 2.24) is 4.90 Å². The first-order chi connectivity index (χ1) is 7.90. The van der Waals surface area contributed by atoms with Gasteiger partial charge in [-0.2, -0.15) is 0 Å². The third kappa shape index (κ3) is 4.11. The van der Waals surface area contributed by atoms with Crippen LogP contribution in [0.2, 0.25) is 0 Å². The molecule has 0 aliphatic heterocycles. The molecule has 1 N–H and O–H groups in total. The summed E-state index contributed by atoms with van der Waals surface area (Å²) in [4.78, 5) is 12.5. The van der Waals surface area contributed by atoms with Crippen molar-refractivity contribution in [3.05, 3.63) is 29.3 Å². The van der Waals surface area contributed by atoms with Crippen molar-refractivity contribution in [3.8, 4) is 5.75 Å². The zero-order valence-electron chi connectivity index (χ0n) is 9.78. The Balaban J connectivity index is 2.82. The van der Waals surface area contributed by atoms with E-state index >= 15 is 0 Å². The monoisotopic (exact) mass is 243 g/mol. The molecule has 0 amide bonds. The molecule has 0 atom stereocenters. The van der Waals surface area contributed by atoms with Crippen molar-refractivity contribution in [2.45, 2.75) is 19.9 Å². The Morgan fingerprint density at radius 1 is 1.47 bits per heavy atom. The molecule has 0 radical (unpaired) electrons. The second kappa shape index (κ2) is 5.72. The highest BCUT2D eigenvalue weighted by molar-refractivity contribution is 5.94. The molecule has 0 saturated carbocycles. The minimum atomic E-state index is -2.42. The molecule has 0 bridgehead atoms. The number of hydrogen-bond acceptors (Lipinski definition) is 3. The van der Waals surface area contributed by atoms with Gasteiger partial charge in [0, 0.05) is 17.7 Å². The number of phenolic OH excluding ortho intramolecular Hbond substituents is 1. The maximum atomic E-state index is 12.1. The van der Waals surface area contributed by atoms with Crippen LogP contribution in [0.1, 0.15) is 22.8 Å². The fraction of sp³-hybridized carbons (Fsp3) is 0.417. The van der Waals surface area contributed by atoms with E-state index in [9.17, 15) is 18.7 Å². The summed E-state index contributed by atoms with van der Waals surface area (Å²) in [5.74, 6) is -0.112. The van der Waals surface area contributed by atoms with Gasteiger partial charge in [-0.25, -0.2) is 8.78 Å². The number of halogens is 2. The van der Waals surface area contributed by atoms with Gasteiger partial charge in [-0.1, -0.05) is 0 Å². The lowest BCUT2D eigenvalue weighted by molar-refractivity contribution is 0.0967. The third-order valence-electron chi connectivity index (χ3n) is 2.38. The summed E-state index contributed by atoms with van der Waals surface area (Å²) in [5, 5.41) is 9.57. The zero-order valence-corrected chi connectivity index (χ0v) is 9.78. The predicted molar refractivity (Wildman–Crippen MR) is 60.4 cm³/mol. The second-order valence-electron chi connectivity index (χ2n) is 3.99. The van der Waals surface area contributed by atoms with Gasteiger partial charge in [-0.15, -0.1) is 0 Å². The number of alkyl halides is 2. The Kier molecular flexibility index (Phi) is 4.57. The number of carbonyl (C=O) groups excluding carboxylic acids is 1. The minimum absolute atomic E-state index is 0.0103. The van der Waals surface area contributed by atoms with Gasteiger partial charge < -0.3 is 5.11 Å². The lowest BCUT2D eigenvalue weighted by atomic mass is 10.1. The van der Waals surface area contributed by atoms with Crippen LogP contribution in [0, 0.1) is 0 Å². The fourth-order valence-corrected chi connectivity index (χ4v) is 1.52. The molecule has 0 aliphatic carbocycles. The Hall–Kier alpha value is -1.49. The molecule has 0 fully saturated rings. The van der Waals surface area contributed by atoms with Crippen LogP contribution in [-0.4, -0.2) is 35.8 Å². The van der Waals surface area contributed by atoms with Crippen molar-refractivity contribution >= 4 is 5.78 Å². The summed E-state index contributed by atoms with van der Waals surface area (Å²) in [5.41, 5.74) is 0.934. The van der Waals surface area contributed by atoms with Gasteiger partial charge in [-0.05, 0) is 32.2 Å². The van der Waals surface area contributed by atoms with Crippen LogP contribution in [0.4, 0.5) is 8.78 Å². The summed E-state index contributed by atoms with van der Waals surface area (Å²) in [7, 11) is 1.53. The maximum absolute atomic E-state index is 12.1. The highest BCUT2D eigenvalue weighted by Gasteiger charge is 2.11. The van der Waals surface area contributed by atoms with Gasteiger partial charge >= 0.3 is 0 Å². The molecule has 3 nitrogen and oxygen atoms in total. The number of rotatable bonds is 5. The summed E-state index contributed by atoms with van der Waals surface area (Å²) in [6, 6.07) is 4.44. The van der Waals surface area contributed by atoms with Gasteiger partial charge in [-0.3, -0.25) is 9.69 Å². The number of phenols is 1. The van der Waals surface area contributed by atoms with Crippen molar-refractivity contribution in [2.24, 2.45) is 0 Å². The highest BCUT2D eigenvalue weighted by Crippen LogP contribution is 2.20. The molecule has 0 aromatic heterocycles. The summed E-state index contributed by atoms with van der Waals surface area (Å²) in [6.07, 6.45) is -2.42. The fourth-order valence-electron chi connectivity index (χ4n) is 1.52. The Labute approximate surface area is 98.7 Å². The number of hydrogen-bond donors (Lipinski definition) is 1. The molecular formula is C12H15F2NO2. The van der Waals surface area contributed by atoms with Gasteiger partial charge in [0.15, 0.2) is 5.78 Å². The molecule has 1 rings (SSSR count). The van der Waals surface area contributed by atoms with Crippen molar-refractivity contribution < 1.29 is 18.7 Å². The van der Waals surface area contributed by atoms with Crippen LogP contribution in [0.15, 0.2) is 18.2 Å². The van der Waals surface area contributed by atoms with Crippen LogP contribution < -0.4 is 0 Å². The van der Waals surface area contributed by atoms with E-state index in [1.165, 1.54) is 37.1 Å². The van der Waals surface area contributed by atoms with E-state index in [1.54, 1.807) is 0 Å². The molecule has 0 unspecified atom stereocenters. The molecule has 5 heteroatoms. The topological polar surface area (TPSA) is 40.5 Å². The first-order valence-corrected chi connectivity index (χ1v) is 5.19. The van der Waals surface area contributed by atoms with E-state index < -0.39 is 6.43 Å². The number of nitrogens with zero attached hydrogens (tertiary/aromatic N) is 1. The summed E-state index contributed by atoms with van der Waals surface area (Å²) < 4.78 is 24.3. The molecule has 0 aliphatic rings. The van der Waals surface area contributed by atoms with Crippen LogP contribution in [0.25, 0.3) is 0 Å². The van der Waals surface area contributed by atoms with Crippen molar-refractivity contribution in [3.63, 3.8) is 0 Å². The molecule has 0 heterocycles. The van der Waals surface area contributed by atoms with E-state index in [2.05, 4.69) is 0 Å². The van der Waals surface area contributed by atoms with Gasteiger partial charge in [0.1, 0.15) is 5.75 Å². The van der Waals surface area contributed by atoms with Crippen molar-refractivity contribution in [1.29, 1.82) is 0 Å². The van der Waals surface area contributed by atoms with Crippen LogP contribution >= 0.6 is 0 Å². The smallest absolute Gasteiger partial charge is 0.251 e. The molecule has 0 saturated heterocycles. The molecule has 0 spiro atoms. The zero-order chi connectivity index (χ0) is 13.0. The van der Waals surface area contributed by atoms with Crippen LogP contribution in [0.5, 0.6) is 5.75 Å². The average molecular weight is 243 g/mol. The van der Waals surface area contributed by atoms with Crippen LogP contribution in [0.3, 0.4) is 0 Å². The molecule has 94 valence electrons. The lowest BCUT2D eigenvalue weighted by Crippen LogP contribution is -2.24. The average Bonchev–Trinajstić information content (AvgIpc) is 2.19. The predicted octanol–water partition coefficient (Wildman–Crippen LogP) is 2.29. The number of carbonyl (C=O) groups is 1. The maximum Gasteiger partial charge on any atom is 0.251 e. The van der Waals surface area contributed by atoms with E-state index in [1.807, 2.05) is 0 Å². The molecular weight excluding hydrogens is 228 g/mol. The standard InChI is InChI=1S/C12H15F2NO2/c1-8(16)9-3-4-11(17)10(5-9)6-15(2)7-12(13)14/h3-5,12,17H,6-7H2,1-2H3. The van der Waals surface area contributed by atoms with E-state index in [-0.39, 0.29) is 24.6 Å². The van der Waals surface area contributed by atoms with E-state index in [0.29, 0.717) is 11.1 Å². The van der Waals surface area contributed by atoms with Gasteiger partial charge in [0.2, 0.25) is 0 Å². The molecule has 1 aromatic rings. The largest absolute Gasteiger partial charge is 0.508 e. The van der Waals surface area contributed by atoms with Gasteiger partial charge in [0.05, 0.1) is 6.54 Å². The number of aromatic hydroxyl groups is 1. The molecule has 17 heavy (non-hydrogen) atoms. The number of benzene rings is 1. The second-order valence-corrected chi connectivity index (χ2v) is 3.99. The normalized spacial score (nSPS) is 11.2. The highest BCUT2D eigenvalue weighted by atomic mass is 19.3. The van der Waals surface area contributed by atoms with Crippen LogP contribution in [-0.2, 0) is 6.54 Å². The molecule has 1 aromatic carbocycles. The quantitative estimate of drug-likeness (QED) is 0.807. The summed E-state index contributed by atoms with van der Waals surface area (Å²) in [6.45, 7) is 1.22. The number of ketones is 1. The Morgan fingerprint density at radius 2 is 2.12 bits per heavy atom. The van der Waals surface area contributed by atoms with Gasteiger partial charge in [0.25, 0.3) is 6.43 Å². The Bertz CT molecular complexity index is 407. The van der Waals surface area contributed by atoms with Crippen molar-refractivity contribution in [2.75, 3.05) is 13.6 Å². The first kappa shape index (κ1) is 13.6. The Morgan fingerprint density at radius 3 is 2.65 bits per heavy atom. The first-order valence-electron chi connectivity index (χ1n) is 5.19. The SMILES string of the molecule is CC(=O)c1ccc(O)c(CN(C)CC(F)F)c1. The minimum Gasteiger partial charge on any atom is -0.508 e.